The Bertz CT molecular complexity index is 496. The predicted octanol–water partition coefficient (Wildman–Crippen LogP) is 2.44. The Morgan fingerprint density at radius 2 is 2.11 bits per heavy atom. The van der Waals surface area contributed by atoms with Crippen LogP contribution in [0.4, 0.5) is 8.78 Å². The molecule has 0 bridgehead atoms. The van der Waals surface area contributed by atoms with Gasteiger partial charge in [-0.25, -0.2) is 8.78 Å². The van der Waals surface area contributed by atoms with E-state index in [1.54, 1.807) is 0 Å². The molecule has 1 fully saturated rings. The fourth-order valence-corrected chi connectivity index (χ4v) is 2.90. The standard InChI is InChI=1S/C13H15F2IN2O/c1-7-4-8(2-3-17-7)18-13(19)9-5-10(14)11(15)6-12(9)16/h5-8,17H,2-4H2,1H3,(H,18,19). The molecule has 0 aliphatic carbocycles. The first-order valence-corrected chi connectivity index (χ1v) is 7.24. The zero-order valence-electron chi connectivity index (χ0n) is 10.5. The monoisotopic (exact) mass is 380 g/mol. The lowest BCUT2D eigenvalue weighted by molar-refractivity contribution is 0.0924. The molecule has 2 rings (SSSR count). The lowest BCUT2D eigenvalue weighted by Crippen LogP contribution is -2.46. The molecule has 1 heterocycles. The number of rotatable bonds is 2. The van der Waals surface area contributed by atoms with Gasteiger partial charge in [0.15, 0.2) is 11.6 Å². The molecule has 104 valence electrons. The molecule has 3 nitrogen and oxygen atoms in total. The molecule has 0 radical (unpaired) electrons. The normalized spacial score (nSPS) is 23.2. The van der Waals surface area contributed by atoms with Crippen molar-refractivity contribution in [3.63, 3.8) is 0 Å². The SMILES string of the molecule is CC1CC(NC(=O)c2cc(F)c(F)cc2I)CCN1. The molecule has 2 atom stereocenters. The fraction of sp³-hybridized carbons (Fsp3) is 0.462. The number of hydrogen-bond donors (Lipinski definition) is 2. The summed E-state index contributed by atoms with van der Waals surface area (Å²) in [5.41, 5.74) is 0.186. The summed E-state index contributed by atoms with van der Waals surface area (Å²) in [5, 5.41) is 6.17. The smallest absolute Gasteiger partial charge is 0.252 e. The fourth-order valence-electron chi connectivity index (χ4n) is 2.22. The van der Waals surface area contributed by atoms with Crippen LogP contribution in [0, 0.1) is 15.2 Å². The van der Waals surface area contributed by atoms with E-state index in [2.05, 4.69) is 17.6 Å². The van der Waals surface area contributed by atoms with Crippen molar-refractivity contribution < 1.29 is 13.6 Å². The van der Waals surface area contributed by atoms with Gasteiger partial charge >= 0.3 is 0 Å². The molecule has 1 saturated heterocycles. The second kappa shape index (κ2) is 6.13. The van der Waals surface area contributed by atoms with Gasteiger partial charge in [0.1, 0.15) is 0 Å². The Balaban J connectivity index is 2.09. The number of piperidine rings is 1. The molecule has 19 heavy (non-hydrogen) atoms. The van der Waals surface area contributed by atoms with Gasteiger partial charge in [-0.2, -0.15) is 0 Å². The van der Waals surface area contributed by atoms with Crippen molar-refractivity contribution in [3.8, 4) is 0 Å². The summed E-state index contributed by atoms with van der Waals surface area (Å²) in [5.74, 6) is -2.27. The highest BCUT2D eigenvalue weighted by Gasteiger charge is 2.22. The van der Waals surface area contributed by atoms with Crippen molar-refractivity contribution >= 4 is 28.5 Å². The zero-order valence-corrected chi connectivity index (χ0v) is 12.6. The van der Waals surface area contributed by atoms with Crippen molar-refractivity contribution in [2.45, 2.75) is 31.8 Å². The number of nitrogens with one attached hydrogen (secondary N) is 2. The predicted molar refractivity (Wildman–Crippen MR) is 77.0 cm³/mol. The number of amides is 1. The maximum Gasteiger partial charge on any atom is 0.252 e. The second-order valence-electron chi connectivity index (χ2n) is 4.80. The molecule has 2 unspecified atom stereocenters. The van der Waals surface area contributed by atoms with Crippen LogP contribution in [0.1, 0.15) is 30.1 Å². The average molecular weight is 380 g/mol. The molecule has 1 aromatic rings. The van der Waals surface area contributed by atoms with Crippen LogP contribution in [0.3, 0.4) is 0 Å². The molecule has 1 aromatic carbocycles. The molecular formula is C13H15F2IN2O. The van der Waals surface area contributed by atoms with E-state index >= 15 is 0 Å². The average Bonchev–Trinajstić information content (AvgIpc) is 2.33. The van der Waals surface area contributed by atoms with E-state index in [0.29, 0.717) is 9.61 Å². The van der Waals surface area contributed by atoms with E-state index in [4.69, 9.17) is 0 Å². The lowest BCUT2D eigenvalue weighted by Gasteiger charge is -2.28. The first kappa shape index (κ1) is 14.6. The molecule has 1 aliphatic rings. The maximum atomic E-state index is 13.2. The Labute approximate surface area is 124 Å². The van der Waals surface area contributed by atoms with Gasteiger partial charge in [-0.05, 0) is 61.0 Å². The first-order valence-electron chi connectivity index (χ1n) is 6.16. The second-order valence-corrected chi connectivity index (χ2v) is 5.96. The Hall–Kier alpha value is -0.760. The number of hydrogen-bond acceptors (Lipinski definition) is 2. The van der Waals surface area contributed by atoms with Crippen LogP contribution >= 0.6 is 22.6 Å². The topological polar surface area (TPSA) is 41.1 Å². The van der Waals surface area contributed by atoms with Gasteiger partial charge in [-0.15, -0.1) is 0 Å². The summed E-state index contributed by atoms with van der Waals surface area (Å²) < 4.78 is 26.6. The van der Waals surface area contributed by atoms with Gasteiger partial charge in [0.2, 0.25) is 0 Å². The third kappa shape index (κ3) is 3.62. The number of carbonyl (C=O) groups excluding carboxylic acids is 1. The summed E-state index contributed by atoms with van der Waals surface area (Å²) in [6.07, 6.45) is 1.68. The molecule has 0 saturated carbocycles. The summed E-state index contributed by atoms with van der Waals surface area (Å²) >= 11 is 1.84. The van der Waals surface area contributed by atoms with E-state index in [1.807, 2.05) is 22.6 Å². The zero-order chi connectivity index (χ0) is 14.0. The van der Waals surface area contributed by atoms with Gasteiger partial charge in [-0.1, -0.05) is 0 Å². The van der Waals surface area contributed by atoms with Gasteiger partial charge in [-0.3, -0.25) is 4.79 Å². The highest BCUT2D eigenvalue weighted by Crippen LogP contribution is 2.18. The van der Waals surface area contributed by atoms with Crippen LogP contribution in [0.15, 0.2) is 12.1 Å². The first-order chi connectivity index (χ1) is 8.97. The van der Waals surface area contributed by atoms with Crippen molar-refractivity contribution in [3.05, 3.63) is 32.9 Å². The van der Waals surface area contributed by atoms with E-state index in [-0.39, 0.29) is 17.5 Å². The number of carbonyl (C=O) groups is 1. The Kier molecular flexibility index (Phi) is 4.72. The summed E-state index contributed by atoms with van der Waals surface area (Å²) in [7, 11) is 0. The largest absolute Gasteiger partial charge is 0.349 e. The minimum absolute atomic E-state index is 0.0765. The van der Waals surface area contributed by atoms with Crippen LogP contribution < -0.4 is 10.6 Å². The number of halogens is 3. The third-order valence-corrected chi connectivity index (χ3v) is 4.11. The summed E-state index contributed by atoms with van der Waals surface area (Å²) in [4.78, 5) is 12.1. The van der Waals surface area contributed by atoms with E-state index < -0.39 is 11.6 Å². The quantitative estimate of drug-likeness (QED) is 0.612. The minimum atomic E-state index is -0.996. The molecule has 0 aromatic heterocycles. The highest BCUT2D eigenvalue weighted by molar-refractivity contribution is 14.1. The van der Waals surface area contributed by atoms with Crippen LogP contribution in [-0.2, 0) is 0 Å². The molecule has 2 N–H and O–H groups in total. The van der Waals surface area contributed by atoms with Crippen molar-refractivity contribution in [1.82, 2.24) is 10.6 Å². The number of benzene rings is 1. The van der Waals surface area contributed by atoms with Crippen molar-refractivity contribution in [1.29, 1.82) is 0 Å². The minimum Gasteiger partial charge on any atom is -0.349 e. The van der Waals surface area contributed by atoms with Gasteiger partial charge < -0.3 is 10.6 Å². The molecular weight excluding hydrogens is 365 g/mol. The summed E-state index contributed by atoms with van der Waals surface area (Å²) in [6, 6.07) is 2.42. The Morgan fingerprint density at radius 3 is 2.79 bits per heavy atom. The summed E-state index contributed by atoms with van der Waals surface area (Å²) in [6.45, 7) is 2.90. The lowest BCUT2D eigenvalue weighted by atomic mass is 10.0. The third-order valence-electron chi connectivity index (χ3n) is 3.21. The van der Waals surface area contributed by atoms with E-state index in [1.165, 1.54) is 0 Å². The highest BCUT2D eigenvalue weighted by atomic mass is 127. The van der Waals surface area contributed by atoms with Crippen LogP contribution in [0.25, 0.3) is 0 Å². The van der Waals surface area contributed by atoms with Gasteiger partial charge in [0, 0.05) is 15.7 Å². The molecule has 0 spiro atoms. The van der Waals surface area contributed by atoms with E-state index in [9.17, 15) is 13.6 Å². The van der Waals surface area contributed by atoms with Crippen LogP contribution in [-0.4, -0.2) is 24.5 Å². The molecule has 1 amide bonds. The van der Waals surface area contributed by atoms with Crippen molar-refractivity contribution in [2.24, 2.45) is 0 Å². The molecule has 6 heteroatoms. The van der Waals surface area contributed by atoms with Crippen molar-refractivity contribution in [2.75, 3.05) is 6.54 Å². The Morgan fingerprint density at radius 1 is 1.42 bits per heavy atom. The van der Waals surface area contributed by atoms with Crippen LogP contribution in [0.5, 0.6) is 0 Å². The van der Waals surface area contributed by atoms with E-state index in [0.717, 1.165) is 31.5 Å². The molecule has 1 aliphatic heterocycles. The van der Waals surface area contributed by atoms with Gasteiger partial charge in [0.25, 0.3) is 5.91 Å². The maximum absolute atomic E-state index is 13.2. The van der Waals surface area contributed by atoms with Crippen LogP contribution in [0.2, 0.25) is 0 Å². The van der Waals surface area contributed by atoms with Gasteiger partial charge in [0.05, 0.1) is 5.56 Å².